The van der Waals surface area contributed by atoms with E-state index in [-0.39, 0.29) is 29.7 Å². The number of nitrogens with two attached hydrogens (primary N) is 2. The van der Waals surface area contributed by atoms with Crippen molar-refractivity contribution in [3.8, 4) is 0 Å². The molecule has 6 rings (SSSR count). The molecule has 1 aliphatic heterocycles. The van der Waals surface area contributed by atoms with Gasteiger partial charge in [0.1, 0.15) is 35.6 Å². The van der Waals surface area contributed by atoms with Gasteiger partial charge < -0.3 is 65.3 Å². The number of amides is 2. The molecule has 8 N–H and O–H groups in total. The molecule has 2 bridgehead atoms. The topological polar surface area (TPSA) is 326 Å². The monoisotopic (exact) mass is 957 g/mol. The lowest BCUT2D eigenvalue weighted by Gasteiger charge is -2.67. The van der Waals surface area contributed by atoms with Gasteiger partial charge >= 0.3 is 35.9 Å². The van der Waals surface area contributed by atoms with Crippen LogP contribution < -0.4 is 16.8 Å². The highest BCUT2D eigenvalue weighted by Gasteiger charge is 2.78. The Labute approximate surface area is 392 Å². The summed E-state index contributed by atoms with van der Waals surface area (Å²) in [5.41, 5.74) is 1.52. The summed E-state index contributed by atoms with van der Waals surface area (Å²) in [6, 6.07) is 4.95. The van der Waals surface area contributed by atoms with E-state index in [2.05, 4.69) is 5.32 Å². The first kappa shape index (κ1) is 51.9. The van der Waals surface area contributed by atoms with Gasteiger partial charge in [0.2, 0.25) is 12.0 Å². The Kier molecular flexibility index (Phi) is 14.6. The van der Waals surface area contributed by atoms with Gasteiger partial charge in [-0.2, -0.15) is 0 Å². The standard InChI is InChI=1S/C47H63N3O18/c1-22-27(64-41(59)35(65-31(54)20-62-30(53)17-26(48)39(49)57)33(24-15-12-16-24)50-42(60)68-43(3,4)5)19-47(61)38(66-40(58)25-13-10-9-11-14-25)36-45(8,37(56)34(55)32(22)44(47,6)7)28(52)18-29-46(36,21-63-29)67-23(2)51/h9-11,13-14,24,26-29,33-36,38,52,55,61H,12,15-21,48H2,1-8H3,(H2,49,57)(H,50,60)/t26-,27-,28-,29+,33-,34+,35+,36-,38-,45+,46-,47+/m0/s1. The molecule has 2 amide bonds. The van der Waals surface area contributed by atoms with Gasteiger partial charge in [0.25, 0.3) is 0 Å². The molecule has 68 heavy (non-hydrogen) atoms. The van der Waals surface area contributed by atoms with E-state index in [0.717, 1.165) is 6.92 Å². The molecule has 0 aromatic heterocycles. The molecule has 0 spiro atoms. The Hall–Kier alpha value is -5.48. The van der Waals surface area contributed by atoms with Crippen molar-refractivity contribution in [3.05, 3.63) is 47.0 Å². The Morgan fingerprint density at radius 2 is 1.63 bits per heavy atom. The van der Waals surface area contributed by atoms with Crippen LogP contribution in [0.2, 0.25) is 0 Å². The van der Waals surface area contributed by atoms with Crippen LogP contribution in [0.15, 0.2) is 41.5 Å². The first-order valence-electron chi connectivity index (χ1n) is 22.6. The number of ether oxygens (including phenoxy) is 7. The number of rotatable bonds is 14. The van der Waals surface area contributed by atoms with Crippen molar-refractivity contribution >= 4 is 47.6 Å². The zero-order chi connectivity index (χ0) is 50.5. The largest absolute Gasteiger partial charge is 0.455 e. The number of aliphatic hydroxyl groups excluding tert-OH is 2. The summed E-state index contributed by atoms with van der Waals surface area (Å²) in [6.07, 6.45) is -11.2. The molecule has 4 fully saturated rings. The fourth-order valence-electron chi connectivity index (χ4n) is 10.6. The molecule has 3 saturated carbocycles. The average Bonchev–Trinajstić information content (AvgIpc) is 3.21. The van der Waals surface area contributed by atoms with Crippen molar-refractivity contribution < 1.29 is 86.8 Å². The molecule has 1 aromatic rings. The summed E-state index contributed by atoms with van der Waals surface area (Å²) in [7, 11) is 0. The summed E-state index contributed by atoms with van der Waals surface area (Å²) in [6.45, 7) is 10.3. The SMILES string of the molecule is CC(=O)O[C@@]12CO[C@@H]1C[C@H](O)[C@@]1(C)C(=O)[C@H](O)C3=C(C)[C@@H](OC(=O)[C@H](OC(=O)COC(=O)C[C@H](N)C(N)=O)[C@@H](NC(=O)OC(C)(C)C)C4CCC4)C[C@@](O)([C@@H](OC(=O)c4ccccc4)[C@H]21)C3(C)C. The lowest BCUT2D eigenvalue weighted by molar-refractivity contribution is -0.346. The molecule has 4 aliphatic carbocycles. The van der Waals surface area contributed by atoms with Crippen LogP contribution in [0, 0.1) is 22.7 Å². The number of alkyl carbamates (subject to hydrolysis) is 1. The van der Waals surface area contributed by atoms with Gasteiger partial charge in [0, 0.05) is 25.2 Å². The number of aliphatic hydroxyl groups is 3. The van der Waals surface area contributed by atoms with E-state index in [0.29, 0.717) is 19.3 Å². The summed E-state index contributed by atoms with van der Waals surface area (Å²) >= 11 is 0. The number of carbonyl (C=O) groups is 8. The summed E-state index contributed by atoms with van der Waals surface area (Å²) in [5.74, 6) is -9.55. The molecule has 0 unspecified atom stereocenters. The van der Waals surface area contributed by atoms with Crippen LogP contribution in [0.1, 0.15) is 104 Å². The Balaban J connectivity index is 1.46. The Morgan fingerprint density at radius 3 is 2.18 bits per heavy atom. The van der Waals surface area contributed by atoms with Crippen molar-refractivity contribution in [2.75, 3.05) is 13.2 Å². The highest BCUT2D eigenvalue weighted by molar-refractivity contribution is 5.94. The minimum atomic E-state index is -2.47. The fourth-order valence-corrected chi connectivity index (χ4v) is 10.6. The molecule has 21 heteroatoms. The zero-order valence-corrected chi connectivity index (χ0v) is 39.4. The van der Waals surface area contributed by atoms with Crippen LogP contribution in [-0.4, -0.2) is 142 Å². The molecule has 21 nitrogen and oxygen atoms in total. The maximum Gasteiger partial charge on any atom is 0.408 e. The van der Waals surface area contributed by atoms with Crippen molar-refractivity contribution in [1.29, 1.82) is 0 Å². The van der Waals surface area contributed by atoms with E-state index < -0.39 is 155 Å². The second-order valence-corrected chi connectivity index (χ2v) is 20.2. The fraction of sp³-hybridized carbons (Fsp3) is 0.660. The van der Waals surface area contributed by atoms with Crippen molar-refractivity contribution in [2.45, 2.75) is 159 Å². The molecule has 1 saturated heterocycles. The minimum absolute atomic E-state index is 0.0274. The Morgan fingerprint density at radius 1 is 0.985 bits per heavy atom. The van der Waals surface area contributed by atoms with Gasteiger partial charge in [0.05, 0.1) is 48.1 Å². The zero-order valence-electron chi connectivity index (χ0n) is 39.4. The number of benzene rings is 1. The van der Waals surface area contributed by atoms with E-state index in [4.69, 9.17) is 44.6 Å². The number of hydrogen-bond acceptors (Lipinski definition) is 19. The van der Waals surface area contributed by atoms with E-state index in [1.807, 2.05) is 0 Å². The molecule has 1 heterocycles. The van der Waals surface area contributed by atoms with E-state index in [1.165, 1.54) is 39.8 Å². The van der Waals surface area contributed by atoms with Gasteiger partial charge in [-0.15, -0.1) is 0 Å². The van der Waals surface area contributed by atoms with Crippen LogP contribution in [-0.2, 0) is 61.9 Å². The predicted octanol–water partition coefficient (Wildman–Crippen LogP) is 0.984. The second-order valence-electron chi connectivity index (χ2n) is 20.2. The molecule has 1 aromatic carbocycles. The smallest absolute Gasteiger partial charge is 0.408 e. The van der Waals surface area contributed by atoms with E-state index in [1.54, 1.807) is 39.0 Å². The number of esters is 5. The number of hydrogen-bond donors (Lipinski definition) is 6. The second kappa shape index (κ2) is 19.1. The summed E-state index contributed by atoms with van der Waals surface area (Å²) in [4.78, 5) is 108. The van der Waals surface area contributed by atoms with Crippen LogP contribution in [0.3, 0.4) is 0 Å². The van der Waals surface area contributed by atoms with Crippen LogP contribution >= 0.6 is 0 Å². The molecule has 0 radical (unpaired) electrons. The third-order valence-electron chi connectivity index (χ3n) is 14.4. The number of ketones is 1. The molecular formula is C47H63N3O18. The highest BCUT2D eigenvalue weighted by atomic mass is 16.6. The van der Waals surface area contributed by atoms with Crippen LogP contribution in [0.4, 0.5) is 4.79 Å². The summed E-state index contributed by atoms with van der Waals surface area (Å²) < 4.78 is 40.5. The van der Waals surface area contributed by atoms with Gasteiger partial charge in [-0.3, -0.25) is 19.2 Å². The lowest BCUT2D eigenvalue weighted by atomic mass is 9.44. The number of nitrogens with one attached hydrogen (secondary N) is 1. The first-order chi connectivity index (χ1) is 31.6. The number of carbonyl (C=O) groups excluding carboxylic acids is 8. The Bertz CT molecular complexity index is 2220. The average molecular weight is 958 g/mol. The van der Waals surface area contributed by atoms with E-state index >= 15 is 4.79 Å². The first-order valence-corrected chi connectivity index (χ1v) is 22.6. The molecule has 5 aliphatic rings. The predicted molar refractivity (Wildman–Crippen MR) is 232 cm³/mol. The van der Waals surface area contributed by atoms with E-state index in [9.17, 15) is 48.9 Å². The molecule has 374 valence electrons. The maximum atomic E-state index is 15.1. The van der Waals surface area contributed by atoms with Crippen LogP contribution in [0.25, 0.3) is 0 Å². The normalized spacial score (nSPS) is 32.0. The van der Waals surface area contributed by atoms with Gasteiger partial charge in [0.15, 0.2) is 18.0 Å². The maximum absolute atomic E-state index is 15.1. The highest BCUT2D eigenvalue weighted by Crippen LogP contribution is 2.64. The van der Waals surface area contributed by atoms with Crippen molar-refractivity contribution in [1.82, 2.24) is 5.32 Å². The molecule has 12 atom stereocenters. The molecular weight excluding hydrogens is 895 g/mol. The number of fused-ring (bicyclic) bond motifs is 5. The minimum Gasteiger partial charge on any atom is -0.455 e. The van der Waals surface area contributed by atoms with Crippen LogP contribution in [0.5, 0.6) is 0 Å². The van der Waals surface area contributed by atoms with Gasteiger partial charge in [-0.25, -0.2) is 19.2 Å². The van der Waals surface area contributed by atoms with Crippen molar-refractivity contribution in [2.24, 2.45) is 34.1 Å². The van der Waals surface area contributed by atoms with Gasteiger partial charge in [-0.1, -0.05) is 38.5 Å². The number of Topliss-reactive ketones (excluding diaryl/α,β-unsaturated/α-hetero) is 1. The summed E-state index contributed by atoms with van der Waals surface area (Å²) in [5, 5.41) is 40.6. The van der Waals surface area contributed by atoms with Crippen molar-refractivity contribution in [3.63, 3.8) is 0 Å². The third-order valence-corrected chi connectivity index (χ3v) is 14.4. The third kappa shape index (κ3) is 9.59. The lowest BCUT2D eigenvalue weighted by Crippen LogP contribution is -2.81. The quantitative estimate of drug-likeness (QED) is 0.0860. The number of primary amides is 1. The van der Waals surface area contributed by atoms with Gasteiger partial charge in [-0.05, 0) is 76.7 Å².